The molecule has 4 aliphatic heterocycles. The molecule has 6 rings (SSSR count). The van der Waals surface area contributed by atoms with Crippen molar-refractivity contribution in [3.8, 4) is 0 Å². The average molecular weight is 312 g/mol. The molecular formula is C18H22N3S. The molecule has 2 aromatic rings. The highest BCUT2D eigenvalue weighted by atomic mass is 32.2. The van der Waals surface area contributed by atoms with E-state index < -0.39 is 0 Å². The van der Waals surface area contributed by atoms with E-state index in [9.17, 15) is 0 Å². The van der Waals surface area contributed by atoms with Crippen LogP contribution in [0.4, 0.5) is 5.69 Å². The maximum absolute atomic E-state index is 3.44. The van der Waals surface area contributed by atoms with Crippen LogP contribution < -0.4 is 4.31 Å². The van der Waals surface area contributed by atoms with Crippen LogP contribution in [0, 0.1) is 12.1 Å². The highest BCUT2D eigenvalue weighted by Gasteiger charge is 2.35. The third-order valence-electron chi connectivity index (χ3n) is 5.66. The molecule has 115 valence electrons. The molecule has 1 unspecified atom stereocenters. The van der Waals surface area contributed by atoms with E-state index in [0.29, 0.717) is 6.04 Å². The summed E-state index contributed by atoms with van der Waals surface area (Å²) >= 11 is 1.95. The standard InChI is InChI=1S/C18H22N3S/c1-3-14(16-11-13-5-8-20(16)9-6-13)18-15(4-1)19-12-17(18)21-7-2-10-22-21/h1,3-4,13,16,19H,2,5-11H2. The van der Waals surface area contributed by atoms with Crippen LogP contribution in [0.3, 0.4) is 0 Å². The van der Waals surface area contributed by atoms with Gasteiger partial charge in [0.25, 0.3) is 0 Å². The fraction of sp³-hybridized carbons (Fsp3) is 0.556. The summed E-state index contributed by atoms with van der Waals surface area (Å²) < 4.78 is 2.44. The van der Waals surface area contributed by atoms with Crippen molar-refractivity contribution in [1.29, 1.82) is 0 Å². The number of piperidine rings is 3. The molecule has 0 aliphatic carbocycles. The number of H-pyrrole nitrogens is 1. The van der Waals surface area contributed by atoms with Crippen LogP contribution >= 0.6 is 11.9 Å². The Labute approximate surface area is 136 Å². The number of nitrogens with zero attached hydrogens (tertiary/aromatic N) is 2. The highest BCUT2D eigenvalue weighted by molar-refractivity contribution is 8.00. The zero-order valence-corrected chi connectivity index (χ0v) is 13.7. The molecule has 1 atom stereocenters. The number of anilines is 1. The molecular weight excluding hydrogens is 290 g/mol. The van der Waals surface area contributed by atoms with Crippen molar-refractivity contribution >= 4 is 28.5 Å². The van der Waals surface area contributed by atoms with Crippen molar-refractivity contribution in [1.82, 2.24) is 9.88 Å². The van der Waals surface area contributed by atoms with Crippen molar-refractivity contribution in [3.63, 3.8) is 0 Å². The van der Waals surface area contributed by atoms with Crippen LogP contribution in [0.25, 0.3) is 10.9 Å². The lowest BCUT2D eigenvalue weighted by Gasteiger charge is -2.46. The number of rotatable bonds is 2. The van der Waals surface area contributed by atoms with E-state index in [1.165, 1.54) is 66.7 Å². The first kappa shape index (κ1) is 13.3. The molecule has 1 aromatic carbocycles. The minimum Gasteiger partial charge on any atom is -0.351 e. The van der Waals surface area contributed by atoms with E-state index in [1.54, 1.807) is 0 Å². The van der Waals surface area contributed by atoms with Gasteiger partial charge in [-0.25, -0.2) is 0 Å². The summed E-state index contributed by atoms with van der Waals surface area (Å²) in [5, 5.41) is 1.43. The molecule has 4 heteroatoms. The van der Waals surface area contributed by atoms with E-state index in [0.717, 1.165) is 12.5 Å². The van der Waals surface area contributed by atoms with E-state index in [4.69, 9.17) is 0 Å². The minimum atomic E-state index is 0.617. The van der Waals surface area contributed by atoms with Gasteiger partial charge in [0.1, 0.15) is 0 Å². The van der Waals surface area contributed by atoms with Crippen LogP contribution in [0.2, 0.25) is 0 Å². The molecule has 2 bridgehead atoms. The second-order valence-electron chi connectivity index (χ2n) is 6.89. The van der Waals surface area contributed by atoms with Gasteiger partial charge in [0.2, 0.25) is 0 Å². The van der Waals surface area contributed by atoms with Gasteiger partial charge in [-0.1, -0.05) is 12.1 Å². The van der Waals surface area contributed by atoms with Gasteiger partial charge in [0.05, 0.1) is 11.9 Å². The monoisotopic (exact) mass is 312 g/mol. The smallest absolute Gasteiger partial charge is 0.0899 e. The Morgan fingerprint density at radius 3 is 2.82 bits per heavy atom. The van der Waals surface area contributed by atoms with Crippen LogP contribution in [-0.4, -0.2) is 35.3 Å². The predicted molar refractivity (Wildman–Crippen MR) is 93.2 cm³/mol. The fourth-order valence-corrected chi connectivity index (χ4v) is 5.51. The first-order chi connectivity index (χ1) is 10.9. The van der Waals surface area contributed by atoms with E-state index in [2.05, 4.69) is 38.6 Å². The topological polar surface area (TPSA) is 22.3 Å². The molecule has 22 heavy (non-hydrogen) atoms. The molecule has 3 nitrogen and oxygen atoms in total. The van der Waals surface area contributed by atoms with Gasteiger partial charge in [-0.2, -0.15) is 0 Å². The first-order valence-electron chi connectivity index (χ1n) is 8.57. The molecule has 0 amide bonds. The summed E-state index contributed by atoms with van der Waals surface area (Å²) in [6, 6.07) is 7.40. The summed E-state index contributed by atoms with van der Waals surface area (Å²) in [6.07, 6.45) is 8.87. The van der Waals surface area contributed by atoms with E-state index in [1.807, 2.05) is 11.9 Å². The normalized spacial score (nSPS) is 31.3. The van der Waals surface area contributed by atoms with Crippen LogP contribution in [0.15, 0.2) is 18.2 Å². The van der Waals surface area contributed by atoms with Gasteiger partial charge in [-0.05, 0) is 68.3 Å². The van der Waals surface area contributed by atoms with E-state index >= 15 is 0 Å². The molecule has 1 aromatic heterocycles. The lowest BCUT2D eigenvalue weighted by atomic mass is 9.80. The van der Waals surface area contributed by atoms with Gasteiger partial charge in [0.15, 0.2) is 0 Å². The summed E-state index contributed by atoms with van der Waals surface area (Å²) in [4.78, 5) is 6.10. The maximum atomic E-state index is 3.44. The number of nitrogens with one attached hydrogen (secondary N) is 1. The molecule has 1 N–H and O–H groups in total. The Kier molecular flexibility index (Phi) is 3.15. The maximum Gasteiger partial charge on any atom is 0.0899 e. The second-order valence-corrected chi connectivity index (χ2v) is 8.00. The van der Waals surface area contributed by atoms with Crippen molar-refractivity contribution in [3.05, 3.63) is 30.0 Å². The summed E-state index contributed by atoms with van der Waals surface area (Å²) in [5.74, 6) is 2.18. The molecule has 4 saturated heterocycles. The third-order valence-corrected chi connectivity index (χ3v) is 6.80. The van der Waals surface area contributed by atoms with Gasteiger partial charge in [-0.15, -0.1) is 0 Å². The Morgan fingerprint density at radius 1 is 1.18 bits per heavy atom. The van der Waals surface area contributed by atoms with Crippen LogP contribution in [0.1, 0.15) is 37.3 Å². The summed E-state index contributed by atoms with van der Waals surface area (Å²) in [5.41, 5.74) is 4.07. The van der Waals surface area contributed by atoms with Crippen molar-refractivity contribution in [2.75, 3.05) is 29.7 Å². The first-order valence-corrected chi connectivity index (χ1v) is 9.51. The largest absolute Gasteiger partial charge is 0.351 e. The summed E-state index contributed by atoms with van der Waals surface area (Å²) in [6.45, 7) is 3.72. The highest BCUT2D eigenvalue weighted by Crippen LogP contribution is 2.45. The number of hydrogen-bond donors (Lipinski definition) is 1. The quantitative estimate of drug-likeness (QED) is 0.848. The number of aromatic amines is 1. The molecule has 0 saturated carbocycles. The number of benzene rings is 1. The predicted octanol–water partition coefficient (Wildman–Crippen LogP) is 3.98. The molecule has 5 heterocycles. The zero-order valence-electron chi connectivity index (χ0n) is 12.8. The van der Waals surface area contributed by atoms with Crippen LogP contribution in [0.5, 0.6) is 0 Å². The van der Waals surface area contributed by atoms with Gasteiger partial charge >= 0.3 is 0 Å². The van der Waals surface area contributed by atoms with Crippen molar-refractivity contribution in [2.45, 2.75) is 31.7 Å². The lowest BCUT2D eigenvalue weighted by molar-refractivity contribution is 0.0498. The third kappa shape index (κ3) is 2.00. The fourth-order valence-electron chi connectivity index (χ4n) is 4.50. The van der Waals surface area contributed by atoms with Crippen LogP contribution in [-0.2, 0) is 0 Å². The number of fused-ring (bicyclic) bond motifs is 4. The van der Waals surface area contributed by atoms with Crippen molar-refractivity contribution in [2.24, 2.45) is 5.92 Å². The Hall–Kier alpha value is -1.13. The average Bonchev–Trinajstić information content (AvgIpc) is 3.24. The second kappa shape index (κ2) is 5.20. The van der Waals surface area contributed by atoms with Gasteiger partial charge < -0.3 is 9.29 Å². The molecule has 4 aliphatic rings. The Balaban J connectivity index is 1.62. The van der Waals surface area contributed by atoms with Crippen molar-refractivity contribution < 1.29 is 0 Å². The van der Waals surface area contributed by atoms with Gasteiger partial charge in [-0.3, -0.25) is 4.90 Å². The number of hydrogen-bond acceptors (Lipinski definition) is 3. The molecule has 1 radical (unpaired) electrons. The summed E-state index contributed by atoms with van der Waals surface area (Å²) in [7, 11) is 0. The Bertz CT molecular complexity index is 681. The zero-order chi connectivity index (χ0) is 14.5. The SMILES string of the molecule is [c]1[nH]c2cccc(C3CC4CCN3CC4)c2c1N1CCCS1. The molecule has 0 spiro atoms. The number of aromatic nitrogens is 1. The minimum absolute atomic E-state index is 0.617. The van der Waals surface area contributed by atoms with E-state index in [-0.39, 0.29) is 0 Å². The van der Waals surface area contributed by atoms with Gasteiger partial charge in [0, 0.05) is 29.2 Å². The molecule has 4 fully saturated rings. The Morgan fingerprint density at radius 2 is 2.09 bits per heavy atom. The lowest BCUT2D eigenvalue weighted by Crippen LogP contribution is -2.43.